The molecule has 3 heterocycles. The van der Waals surface area contributed by atoms with Crippen molar-refractivity contribution in [2.24, 2.45) is 0 Å². The van der Waals surface area contributed by atoms with Crippen LogP contribution < -0.4 is 10.3 Å². The highest BCUT2D eigenvalue weighted by atomic mass is 16.5. The lowest BCUT2D eigenvalue weighted by Crippen LogP contribution is -2.33. The van der Waals surface area contributed by atoms with E-state index in [9.17, 15) is 4.79 Å². The molecular formula is C21H26N4O2. The molecule has 3 aromatic rings. The molecule has 2 aromatic heterocycles. The Labute approximate surface area is 158 Å². The number of rotatable bonds is 4. The van der Waals surface area contributed by atoms with Crippen LogP contribution in [0.2, 0.25) is 0 Å². The smallest absolute Gasteiger partial charge is 0.275 e. The molecular weight excluding hydrogens is 340 g/mol. The van der Waals surface area contributed by atoms with Crippen molar-refractivity contribution in [2.75, 3.05) is 13.7 Å². The van der Waals surface area contributed by atoms with Crippen molar-refractivity contribution in [1.29, 1.82) is 0 Å². The van der Waals surface area contributed by atoms with Crippen LogP contribution >= 0.6 is 0 Å². The zero-order chi connectivity index (χ0) is 19.0. The van der Waals surface area contributed by atoms with Crippen LogP contribution in [0.15, 0.2) is 35.1 Å². The van der Waals surface area contributed by atoms with Crippen molar-refractivity contribution in [3.8, 4) is 5.75 Å². The molecule has 1 unspecified atom stereocenters. The number of fused-ring (bicyclic) bond motifs is 1. The van der Waals surface area contributed by atoms with Gasteiger partial charge in [-0.2, -0.15) is 0 Å². The van der Waals surface area contributed by atoms with Crippen molar-refractivity contribution >= 4 is 5.65 Å². The molecule has 1 aromatic carbocycles. The summed E-state index contributed by atoms with van der Waals surface area (Å²) in [7, 11) is 1.72. The molecule has 1 fully saturated rings. The van der Waals surface area contributed by atoms with E-state index in [0.717, 1.165) is 36.6 Å². The van der Waals surface area contributed by atoms with Crippen LogP contribution in [0.1, 0.15) is 47.8 Å². The zero-order valence-corrected chi connectivity index (χ0v) is 16.2. The molecule has 1 aliphatic rings. The van der Waals surface area contributed by atoms with Crippen LogP contribution in [0.25, 0.3) is 5.65 Å². The molecule has 0 saturated carbocycles. The van der Waals surface area contributed by atoms with E-state index in [0.29, 0.717) is 11.2 Å². The Morgan fingerprint density at radius 2 is 2.07 bits per heavy atom. The average Bonchev–Trinajstić information content (AvgIpc) is 3.11. The van der Waals surface area contributed by atoms with Crippen molar-refractivity contribution in [1.82, 2.24) is 19.5 Å². The summed E-state index contributed by atoms with van der Waals surface area (Å²) in [6.07, 6.45) is 3.43. The lowest BCUT2D eigenvalue weighted by atomic mass is 9.98. The molecule has 1 aliphatic heterocycles. The second-order valence-corrected chi connectivity index (χ2v) is 7.33. The predicted molar refractivity (Wildman–Crippen MR) is 105 cm³/mol. The fourth-order valence-corrected chi connectivity index (χ4v) is 3.99. The van der Waals surface area contributed by atoms with Gasteiger partial charge in [0.2, 0.25) is 0 Å². The Morgan fingerprint density at radius 1 is 1.26 bits per heavy atom. The van der Waals surface area contributed by atoms with Gasteiger partial charge in [0.25, 0.3) is 5.56 Å². The second kappa shape index (κ2) is 7.19. The number of hydrogen-bond acceptors (Lipinski definition) is 4. The maximum atomic E-state index is 12.6. The van der Waals surface area contributed by atoms with E-state index in [-0.39, 0.29) is 11.6 Å². The predicted octanol–water partition coefficient (Wildman–Crippen LogP) is 3.38. The number of para-hydroxylation sites is 1. The number of piperidine rings is 1. The zero-order valence-electron chi connectivity index (χ0n) is 16.2. The summed E-state index contributed by atoms with van der Waals surface area (Å²) in [5.41, 5.74) is 4.40. The number of hydrogen-bond donors (Lipinski definition) is 1. The van der Waals surface area contributed by atoms with Gasteiger partial charge in [-0.25, -0.2) is 9.50 Å². The minimum absolute atomic E-state index is 0.0177. The first-order valence-electron chi connectivity index (χ1n) is 9.53. The van der Waals surface area contributed by atoms with Crippen LogP contribution in [0, 0.1) is 13.8 Å². The molecule has 1 atom stereocenters. The van der Waals surface area contributed by atoms with Crippen LogP contribution in [-0.2, 0) is 6.54 Å². The molecule has 6 nitrogen and oxygen atoms in total. The molecule has 0 radical (unpaired) electrons. The monoisotopic (exact) mass is 366 g/mol. The van der Waals surface area contributed by atoms with E-state index in [4.69, 9.17) is 4.74 Å². The molecule has 1 saturated heterocycles. The van der Waals surface area contributed by atoms with Gasteiger partial charge in [0.15, 0.2) is 5.65 Å². The minimum Gasteiger partial charge on any atom is -0.496 e. The molecule has 27 heavy (non-hydrogen) atoms. The number of aromatic amines is 1. The summed E-state index contributed by atoms with van der Waals surface area (Å²) in [6, 6.07) is 10.4. The summed E-state index contributed by atoms with van der Waals surface area (Å²) in [4.78, 5) is 19.6. The fraction of sp³-hybridized carbons (Fsp3) is 0.429. The van der Waals surface area contributed by atoms with Gasteiger partial charge in [-0.3, -0.25) is 14.8 Å². The fourth-order valence-electron chi connectivity index (χ4n) is 3.99. The Balaban J connectivity index is 1.69. The molecule has 0 aliphatic carbocycles. The first-order chi connectivity index (χ1) is 13.1. The third-order valence-corrected chi connectivity index (χ3v) is 5.64. The number of nitrogens with one attached hydrogen (secondary N) is 1. The van der Waals surface area contributed by atoms with Gasteiger partial charge in [-0.15, -0.1) is 0 Å². The average molecular weight is 366 g/mol. The SMILES string of the molecule is COc1ccccc1CN1CCCCC1c1cc2nc(C)c(C)c(=O)n2[nH]1. The van der Waals surface area contributed by atoms with Gasteiger partial charge in [0.1, 0.15) is 5.75 Å². The summed E-state index contributed by atoms with van der Waals surface area (Å²) in [5.74, 6) is 0.919. The summed E-state index contributed by atoms with van der Waals surface area (Å²) in [6.45, 7) is 5.56. The van der Waals surface area contributed by atoms with Gasteiger partial charge in [0, 0.05) is 29.4 Å². The molecule has 1 N–H and O–H groups in total. The third-order valence-electron chi connectivity index (χ3n) is 5.64. The number of H-pyrrole nitrogens is 1. The van der Waals surface area contributed by atoms with Crippen LogP contribution in [0.3, 0.4) is 0 Å². The van der Waals surface area contributed by atoms with Crippen LogP contribution in [-0.4, -0.2) is 33.2 Å². The van der Waals surface area contributed by atoms with E-state index in [1.807, 2.05) is 32.0 Å². The molecule has 0 spiro atoms. The Hall–Kier alpha value is -2.60. The van der Waals surface area contributed by atoms with Crippen molar-refractivity contribution in [2.45, 2.75) is 45.7 Å². The van der Waals surface area contributed by atoms with Gasteiger partial charge in [-0.05, 0) is 39.3 Å². The minimum atomic E-state index is -0.0177. The molecule has 6 heteroatoms. The van der Waals surface area contributed by atoms with Crippen molar-refractivity contribution < 1.29 is 4.74 Å². The molecule has 142 valence electrons. The number of methoxy groups -OCH3 is 1. The standard InChI is InChI=1S/C21H26N4O2/c1-14-15(2)22-20-12-17(23-25(20)21(14)26)18-9-6-7-11-24(18)13-16-8-4-5-10-19(16)27-3/h4-5,8,10,12,18,23H,6-7,9,11,13H2,1-3H3. The molecule has 0 amide bonds. The van der Waals surface area contributed by atoms with E-state index in [1.165, 1.54) is 18.4 Å². The first kappa shape index (κ1) is 17.8. The maximum Gasteiger partial charge on any atom is 0.275 e. The first-order valence-corrected chi connectivity index (χ1v) is 9.53. The van der Waals surface area contributed by atoms with E-state index in [2.05, 4.69) is 27.1 Å². The summed E-state index contributed by atoms with van der Waals surface area (Å²) in [5, 5.41) is 3.31. The summed E-state index contributed by atoms with van der Waals surface area (Å²) >= 11 is 0. The highest BCUT2D eigenvalue weighted by molar-refractivity contribution is 5.42. The maximum absolute atomic E-state index is 12.6. The highest BCUT2D eigenvalue weighted by Gasteiger charge is 2.27. The largest absolute Gasteiger partial charge is 0.496 e. The number of likely N-dealkylation sites (tertiary alicyclic amines) is 1. The van der Waals surface area contributed by atoms with E-state index < -0.39 is 0 Å². The Bertz CT molecular complexity index is 1020. The van der Waals surface area contributed by atoms with E-state index >= 15 is 0 Å². The number of ether oxygens (including phenoxy) is 1. The van der Waals surface area contributed by atoms with Crippen LogP contribution in [0.4, 0.5) is 0 Å². The number of aromatic nitrogens is 3. The Kier molecular flexibility index (Phi) is 4.74. The highest BCUT2D eigenvalue weighted by Crippen LogP contribution is 2.33. The normalized spacial score (nSPS) is 18.1. The topological polar surface area (TPSA) is 62.6 Å². The van der Waals surface area contributed by atoms with Gasteiger partial charge >= 0.3 is 0 Å². The Morgan fingerprint density at radius 3 is 2.89 bits per heavy atom. The summed E-state index contributed by atoms with van der Waals surface area (Å²) < 4.78 is 7.10. The van der Waals surface area contributed by atoms with Gasteiger partial charge in [0.05, 0.1) is 18.8 Å². The number of aryl methyl sites for hydroxylation is 1. The van der Waals surface area contributed by atoms with Crippen molar-refractivity contribution in [3.05, 3.63) is 63.2 Å². The second-order valence-electron chi connectivity index (χ2n) is 7.33. The number of nitrogens with zero attached hydrogens (tertiary/aromatic N) is 3. The van der Waals surface area contributed by atoms with Crippen molar-refractivity contribution in [3.63, 3.8) is 0 Å². The lowest BCUT2D eigenvalue weighted by molar-refractivity contribution is 0.135. The van der Waals surface area contributed by atoms with Crippen LogP contribution in [0.5, 0.6) is 5.75 Å². The van der Waals surface area contributed by atoms with E-state index in [1.54, 1.807) is 11.6 Å². The molecule has 0 bridgehead atoms. The molecule has 4 rings (SSSR count). The van der Waals surface area contributed by atoms with Gasteiger partial charge < -0.3 is 4.74 Å². The lowest BCUT2D eigenvalue weighted by Gasteiger charge is -2.35. The van der Waals surface area contributed by atoms with Gasteiger partial charge in [-0.1, -0.05) is 24.6 Å². The quantitative estimate of drug-likeness (QED) is 0.769. The third kappa shape index (κ3) is 3.25. The number of benzene rings is 1.